The van der Waals surface area contributed by atoms with Gasteiger partial charge in [-0.05, 0) is 6.82 Å². The minimum atomic E-state index is -0.644. The molecule has 0 aliphatic carbocycles. The van der Waals surface area contributed by atoms with E-state index in [9.17, 15) is 0 Å². The van der Waals surface area contributed by atoms with Gasteiger partial charge in [-0.1, -0.05) is 0 Å². The molecule has 0 radical (unpaired) electrons. The lowest BCUT2D eigenvalue weighted by Crippen LogP contribution is -1.97. The van der Waals surface area contributed by atoms with Crippen LogP contribution in [0.1, 0.15) is 0 Å². The first kappa shape index (κ1) is 5.62. The minimum absolute atomic E-state index is 0.644. The van der Waals surface area contributed by atoms with Gasteiger partial charge in [0.25, 0.3) is 0 Å². The molecule has 0 rings (SSSR count). The Balaban J connectivity index is 3.03. The van der Waals surface area contributed by atoms with Gasteiger partial charge >= 0.3 is 7.05 Å². The number of hydrogen-bond donors (Lipinski definition) is 1. The van der Waals surface area contributed by atoms with Gasteiger partial charge in [0.15, 0.2) is 0 Å². The summed E-state index contributed by atoms with van der Waals surface area (Å²) < 4.78 is 0. The zero-order valence-corrected chi connectivity index (χ0v) is 3.92. The van der Waals surface area contributed by atoms with E-state index in [1.807, 2.05) is 0 Å². The third-order valence-corrected chi connectivity index (χ3v) is 0.283. The van der Waals surface area contributed by atoms with Crippen molar-refractivity contribution in [1.29, 1.82) is 0 Å². The van der Waals surface area contributed by atoms with Crippen LogP contribution in [-0.2, 0) is 0 Å². The lowest BCUT2D eigenvalue weighted by molar-refractivity contribution is 0.577. The third kappa shape index (κ3) is 3.62. The molecule has 0 amide bonds. The summed E-state index contributed by atoms with van der Waals surface area (Å²) in [7, 11) is 0.877. The van der Waals surface area contributed by atoms with E-state index in [1.165, 1.54) is 7.05 Å². The molecule has 6 heavy (non-hydrogen) atoms. The quantitative estimate of drug-likeness (QED) is 0.359. The smallest absolute Gasteiger partial charge is 0.430 e. The van der Waals surface area contributed by atoms with E-state index >= 15 is 0 Å². The van der Waals surface area contributed by atoms with Gasteiger partial charge < -0.3 is 5.02 Å². The van der Waals surface area contributed by atoms with E-state index < -0.39 is 7.05 Å². The van der Waals surface area contributed by atoms with Gasteiger partial charge in [0, 0.05) is 7.05 Å². The van der Waals surface area contributed by atoms with Gasteiger partial charge in [-0.2, -0.15) is 0 Å². The van der Waals surface area contributed by atoms with Crippen LogP contribution >= 0.6 is 0 Å². The summed E-state index contributed by atoms with van der Waals surface area (Å²) in [5.41, 5.74) is 0. The third-order valence-electron chi connectivity index (χ3n) is 0.283. The van der Waals surface area contributed by atoms with Crippen LogP contribution in [0.2, 0.25) is 6.82 Å². The van der Waals surface area contributed by atoms with E-state index in [0.717, 1.165) is 0 Å². The molecule has 0 unspecified atom stereocenters. The van der Waals surface area contributed by atoms with Crippen LogP contribution in [0.4, 0.5) is 0 Å². The zero-order valence-electron chi connectivity index (χ0n) is 3.92. The Bertz CT molecular complexity index is 53.5. The normalized spacial score (nSPS) is 9.83. The number of rotatable bonds is 1. The van der Waals surface area contributed by atoms with Gasteiger partial charge in [-0.25, -0.2) is 10.1 Å². The highest BCUT2D eigenvalue weighted by Crippen LogP contribution is 1.73. The largest absolute Gasteiger partial charge is 0.450 e. The first-order chi connectivity index (χ1) is 2.77. The maximum atomic E-state index is 8.29. The number of nitrogens with zero attached hydrogens (tertiary/aromatic N) is 2. The predicted molar refractivity (Wildman–Crippen MR) is 24.6 cm³/mol. The molecule has 0 aliphatic heterocycles. The molecule has 1 N–H and O–H groups in total. The second-order valence-electron chi connectivity index (χ2n) is 0.947. The Kier molecular flexibility index (Phi) is 2.66. The lowest BCUT2D eigenvalue weighted by Gasteiger charge is -1.78. The van der Waals surface area contributed by atoms with E-state index in [0.29, 0.717) is 0 Å². The van der Waals surface area contributed by atoms with E-state index in [4.69, 9.17) is 5.02 Å². The molecule has 0 aromatic rings. The Morgan fingerprint density at radius 3 is 2.17 bits per heavy atom. The topological polar surface area (TPSA) is 45.0 Å². The monoisotopic (exact) mass is 86.1 g/mol. The second-order valence-corrected chi connectivity index (χ2v) is 0.947. The molecule has 0 aliphatic rings. The summed E-state index contributed by atoms with van der Waals surface area (Å²) in [5.74, 6) is 0. The van der Waals surface area contributed by atoms with Gasteiger partial charge in [0.05, 0.1) is 0 Å². The first-order valence-corrected chi connectivity index (χ1v) is 1.74. The van der Waals surface area contributed by atoms with Crippen molar-refractivity contribution < 1.29 is 5.02 Å². The molecule has 0 saturated heterocycles. The fourth-order valence-corrected chi connectivity index (χ4v) is 0.167. The Hall–Kier alpha value is -0.375. The van der Waals surface area contributed by atoms with Crippen LogP contribution in [0.15, 0.2) is 10.1 Å². The maximum absolute atomic E-state index is 8.29. The van der Waals surface area contributed by atoms with Crippen molar-refractivity contribution in [2.45, 2.75) is 6.82 Å². The SMILES string of the molecule is CN=NB(C)O. The summed E-state index contributed by atoms with van der Waals surface area (Å²) in [4.78, 5) is 0. The van der Waals surface area contributed by atoms with Crippen molar-refractivity contribution in [1.82, 2.24) is 0 Å². The molecule has 0 aromatic heterocycles. The Labute approximate surface area is 37.2 Å². The van der Waals surface area contributed by atoms with Crippen LogP contribution < -0.4 is 0 Å². The summed E-state index contributed by atoms with van der Waals surface area (Å²) in [6.07, 6.45) is 0. The maximum Gasteiger partial charge on any atom is 0.450 e. The molecule has 34 valence electrons. The van der Waals surface area contributed by atoms with Crippen molar-refractivity contribution in [3.63, 3.8) is 0 Å². The molecular weight excluding hydrogens is 78.8 g/mol. The van der Waals surface area contributed by atoms with Crippen molar-refractivity contribution in [3.8, 4) is 0 Å². The fourth-order valence-electron chi connectivity index (χ4n) is 0.167. The highest BCUT2D eigenvalue weighted by Gasteiger charge is 1.93. The average molecular weight is 85.9 g/mol. The molecular formula is C2H7BN2O. The van der Waals surface area contributed by atoms with Gasteiger partial charge in [0.1, 0.15) is 0 Å². The van der Waals surface area contributed by atoms with Crippen LogP contribution in [-0.4, -0.2) is 19.1 Å². The van der Waals surface area contributed by atoms with Crippen molar-refractivity contribution >= 4 is 7.05 Å². The fraction of sp³-hybridized carbons (Fsp3) is 1.00. The molecule has 0 atom stereocenters. The summed E-state index contributed by atoms with van der Waals surface area (Å²) >= 11 is 0. The molecule has 0 bridgehead atoms. The standard InChI is InChI=1S/C2H7BN2O/c1-3(6)5-4-2/h6H,1-2H3. The lowest BCUT2D eigenvalue weighted by atomic mass is 9.92. The van der Waals surface area contributed by atoms with E-state index in [1.54, 1.807) is 6.82 Å². The number of hydrogen-bond acceptors (Lipinski definition) is 3. The molecule has 4 heteroatoms. The second kappa shape index (κ2) is 2.84. The highest BCUT2D eigenvalue weighted by molar-refractivity contribution is 6.45. The van der Waals surface area contributed by atoms with Gasteiger partial charge in [-0.3, -0.25) is 0 Å². The van der Waals surface area contributed by atoms with Crippen LogP contribution in [0.5, 0.6) is 0 Å². The average Bonchev–Trinajstić information content (AvgIpc) is 1.35. The summed E-state index contributed by atoms with van der Waals surface area (Å²) in [5, 5.41) is 14.9. The van der Waals surface area contributed by atoms with Gasteiger partial charge in [-0.15, -0.1) is 0 Å². The predicted octanol–water partition coefficient (Wildman–Crippen LogP) is 0.179. The summed E-state index contributed by atoms with van der Waals surface area (Å²) in [6.45, 7) is 1.55. The van der Waals surface area contributed by atoms with E-state index in [-0.39, 0.29) is 0 Å². The first-order valence-electron chi connectivity index (χ1n) is 1.74. The molecule has 0 fully saturated rings. The Morgan fingerprint density at radius 2 is 2.17 bits per heavy atom. The Morgan fingerprint density at radius 1 is 1.67 bits per heavy atom. The minimum Gasteiger partial charge on any atom is -0.430 e. The van der Waals surface area contributed by atoms with E-state index in [2.05, 4.69) is 10.1 Å². The van der Waals surface area contributed by atoms with Crippen LogP contribution in [0, 0.1) is 0 Å². The highest BCUT2D eigenvalue weighted by atomic mass is 16.2. The summed E-state index contributed by atoms with van der Waals surface area (Å²) in [6, 6.07) is 0. The van der Waals surface area contributed by atoms with Crippen LogP contribution in [0.3, 0.4) is 0 Å². The molecule has 3 nitrogen and oxygen atoms in total. The molecule has 0 saturated carbocycles. The van der Waals surface area contributed by atoms with Gasteiger partial charge in [0.2, 0.25) is 0 Å². The van der Waals surface area contributed by atoms with Crippen molar-refractivity contribution in [2.75, 3.05) is 7.05 Å². The van der Waals surface area contributed by atoms with Crippen molar-refractivity contribution in [2.24, 2.45) is 10.1 Å². The molecule has 0 heterocycles. The molecule has 0 spiro atoms. The van der Waals surface area contributed by atoms with Crippen molar-refractivity contribution in [3.05, 3.63) is 0 Å². The van der Waals surface area contributed by atoms with Crippen LogP contribution in [0.25, 0.3) is 0 Å². The zero-order chi connectivity index (χ0) is 4.99. The molecule has 0 aromatic carbocycles.